The summed E-state index contributed by atoms with van der Waals surface area (Å²) in [6, 6.07) is 14.7. The summed E-state index contributed by atoms with van der Waals surface area (Å²) in [6.07, 6.45) is 2.91. The minimum absolute atomic E-state index is 0.893. The number of pyridine rings is 1. The van der Waals surface area contributed by atoms with E-state index in [4.69, 9.17) is 0 Å². The Morgan fingerprint density at radius 3 is 2.68 bits per heavy atom. The van der Waals surface area contributed by atoms with E-state index in [2.05, 4.69) is 65.6 Å². The number of hydrogen-bond donors (Lipinski definition) is 1. The van der Waals surface area contributed by atoms with Crippen LogP contribution in [0.5, 0.6) is 0 Å². The molecule has 0 saturated carbocycles. The van der Waals surface area contributed by atoms with Crippen LogP contribution in [0.2, 0.25) is 0 Å². The van der Waals surface area contributed by atoms with Gasteiger partial charge in [0.05, 0.1) is 0 Å². The van der Waals surface area contributed by atoms with E-state index in [-0.39, 0.29) is 0 Å². The van der Waals surface area contributed by atoms with Gasteiger partial charge in [-0.3, -0.25) is 0 Å². The fourth-order valence-electron chi connectivity index (χ4n) is 2.01. The van der Waals surface area contributed by atoms with Crippen LogP contribution >= 0.6 is 0 Å². The first-order valence-electron chi connectivity index (χ1n) is 6.74. The van der Waals surface area contributed by atoms with Crippen LogP contribution in [0.15, 0.2) is 48.7 Å². The quantitative estimate of drug-likeness (QED) is 0.859. The highest BCUT2D eigenvalue weighted by Gasteiger charge is 2.02. The Morgan fingerprint density at radius 1 is 1.16 bits per heavy atom. The monoisotopic (exact) mass is 255 g/mol. The zero-order valence-electron chi connectivity index (χ0n) is 11.6. The predicted molar refractivity (Wildman–Crippen MR) is 81.8 cm³/mol. The number of hydrogen-bond acceptors (Lipinski definition) is 3. The third-order valence-corrected chi connectivity index (χ3v) is 3.12. The fraction of sp³-hybridized carbons (Fsp3) is 0.312. The van der Waals surface area contributed by atoms with Gasteiger partial charge in [-0.25, -0.2) is 4.98 Å². The number of likely N-dealkylation sites (N-methyl/N-ethyl adjacent to an activating group) is 1. The third kappa shape index (κ3) is 3.98. The van der Waals surface area contributed by atoms with Crippen LogP contribution in [-0.4, -0.2) is 25.1 Å². The number of nitrogens with zero attached hydrogens (tertiary/aromatic N) is 2. The second-order valence-electron chi connectivity index (χ2n) is 4.59. The average Bonchev–Trinajstić information content (AvgIpc) is 2.46. The Kier molecular flexibility index (Phi) is 4.78. The van der Waals surface area contributed by atoms with Gasteiger partial charge in [0.15, 0.2) is 0 Å². The molecule has 2 aromatic rings. The van der Waals surface area contributed by atoms with Crippen molar-refractivity contribution < 1.29 is 0 Å². The third-order valence-electron chi connectivity index (χ3n) is 3.12. The highest BCUT2D eigenvalue weighted by Crippen LogP contribution is 2.16. The van der Waals surface area contributed by atoms with E-state index in [1.165, 1.54) is 11.3 Å². The molecule has 0 fully saturated rings. The summed E-state index contributed by atoms with van der Waals surface area (Å²) in [4.78, 5) is 6.55. The van der Waals surface area contributed by atoms with Crippen LogP contribution in [0.4, 0.5) is 11.5 Å². The molecule has 1 aromatic heterocycles. The van der Waals surface area contributed by atoms with Gasteiger partial charge in [-0.1, -0.05) is 30.3 Å². The number of benzene rings is 1. The van der Waals surface area contributed by atoms with Gasteiger partial charge in [0.1, 0.15) is 5.82 Å². The normalized spacial score (nSPS) is 10.2. The van der Waals surface area contributed by atoms with E-state index in [0.29, 0.717) is 0 Å². The molecule has 0 aliphatic rings. The molecule has 1 aromatic carbocycles. The fourth-order valence-corrected chi connectivity index (χ4v) is 2.01. The summed E-state index contributed by atoms with van der Waals surface area (Å²) in [5, 5.41) is 3.24. The Labute approximate surface area is 115 Å². The molecule has 1 N–H and O–H groups in total. The first-order valence-corrected chi connectivity index (χ1v) is 6.74. The van der Waals surface area contributed by atoms with E-state index in [9.17, 15) is 0 Å². The molecule has 0 unspecified atom stereocenters. The molecular weight excluding hydrogens is 234 g/mol. The van der Waals surface area contributed by atoms with E-state index >= 15 is 0 Å². The smallest absolute Gasteiger partial charge is 0.127 e. The highest BCUT2D eigenvalue weighted by molar-refractivity contribution is 5.53. The summed E-state index contributed by atoms with van der Waals surface area (Å²) in [5.41, 5.74) is 2.57. The molecule has 0 aliphatic carbocycles. The van der Waals surface area contributed by atoms with Crippen molar-refractivity contribution >= 4 is 11.5 Å². The summed E-state index contributed by atoms with van der Waals surface area (Å²) in [6.45, 7) is 3.97. The maximum atomic E-state index is 4.29. The maximum Gasteiger partial charge on any atom is 0.127 e. The van der Waals surface area contributed by atoms with Crippen molar-refractivity contribution in [3.63, 3.8) is 0 Å². The minimum Gasteiger partial charge on any atom is -0.374 e. The van der Waals surface area contributed by atoms with Crippen molar-refractivity contribution in [2.45, 2.75) is 13.3 Å². The molecule has 1 heterocycles. The number of nitrogens with one attached hydrogen (secondary N) is 1. The van der Waals surface area contributed by atoms with E-state index in [1.807, 2.05) is 12.3 Å². The van der Waals surface area contributed by atoms with Gasteiger partial charge in [-0.15, -0.1) is 0 Å². The lowest BCUT2D eigenvalue weighted by atomic mass is 10.1. The van der Waals surface area contributed by atoms with Crippen LogP contribution in [0, 0.1) is 0 Å². The molecule has 3 heteroatoms. The number of anilines is 2. The van der Waals surface area contributed by atoms with Crippen LogP contribution in [0.1, 0.15) is 12.5 Å². The van der Waals surface area contributed by atoms with Gasteiger partial charge in [-0.2, -0.15) is 0 Å². The molecule has 100 valence electrons. The lowest BCUT2D eigenvalue weighted by Crippen LogP contribution is -2.20. The lowest BCUT2D eigenvalue weighted by Gasteiger charge is -2.19. The van der Waals surface area contributed by atoms with Gasteiger partial charge in [-0.05, 0) is 25.0 Å². The Bertz CT molecular complexity index is 496. The minimum atomic E-state index is 0.893. The molecule has 19 heavy (non-hydrogen) atoms. The molecule has 0 bridgehead atoms. The summed E-state index contributed by atoms with van der Waals surface area (Å²) < 4.78 is 0. The average molecular weight is 255 g/mol. The van der Waals surface area contributed by atoms with Crippen LogP contribution < -0.4 is 10.2 Å². The Balaban J connectivity index is 1.95. The van der Waals surface area contributed by atoms with E-state index in [0.717, 1.165) is 25.3 Å². The second kappa shape index (κ2) is 6.78. The van der Waals surface area contributed by atoms with Gasteiger partial charge in [0.2, 0.25) is 0 Å². The van der Waals surface area contributed by atoms with Crippen molar-refractivity contribution in [1.82, 2.24) is 4.98 Å². The molecule has 0 spiro atoms. The van der Waals surface area contributed by atoms with Crippen molar-refractivity contribution in [2.24, 2.45) is 0 Å². The van der Waals surface area contributed by atoms with E-state index < -0.39 is 0 Å². The van der Waals surface area contributed by atoms with Crippen molar-refractivity contribution in [3.05, 3.63) is 54.2 Å². The molecule has 0 radical (unpaired) electrons. The maximum absolute atomic E-state index is 4.29. The zero-order chi connectivity index (χ0) is 13.5. The molecule has 0 aliphatic heterocycles. The predicted octanol–water partition coefficient (Wildman–Crippen LogP) is 3.19. The first kappa shape index (κ1) is 13.4. The van der Waals surface area contributed by atoms with Crippen molar-refractivity contribution in [3.8, 4) is 0 Å². The molecule has 0 saturated heterocycles. The highest BCUT2D eigenvalue weighted by atomic mass is 15.1. The van der Waals surface area contributed by atoms with Crippen LogP contribution in [0.25, 0.3) is 0 Å². The number of aromatic nitrogens is 1. The van der Waals surface area contributed by atoms with Gasteiger partial charge in [0.25, 0.3) is 0 Å². The Hall–Kier alpha value is -2.03. The summed E-state index contributed by atoms with van der Waals surface area (Å²) in [5.74, 6) is 0.937. The molecule has 3 nitrogen and oxygen atoms in total. The SMILES string of the molecule is CCNc1cc(N(C)CCc2ccccc2)ccn1. The second-order valence-corrected chi connectivity index (χ2v) is 4.59. The zero-order valence-corrected chi connectivity index (χ0v) is 11.6. The van der Waals surface area contributed by atoms with Gasteiger partial charge in [0, 0.05) is 38.1 Å². The largest absolute Gasteiger partial charge is 0.374 e. The van der Waals surface area contributed by atoms with Crippen molar-refractivity contribution in [1.29, 1.82) is 0 Å². The first-order chi connectivity index (χ1) is 9.29. The summed E-state index contributed by atoms with van der Waals surface area (Å²) >= 11 is 0. The van der Waals surface area contributed by atoms with Crippen LogP contribution in [-0.2, 0) is 6.42 Å². The molecule has 0 amide bonds. The van der Waals surface area contributed by atoms with Gasteiger partial charge >= 0.3 is 0 Å². The van der Waals surface area contributed by atoms with Crippen LogP contribution in [0.3, 0.4) is 0 Å². The Morgan fingerprint density at radius 2 is 1.95 bits per heavy atom. The topological polar surface area (TPSA) is 28.2 Å². The van der Waals surface area contributed by atoms with Crippen molar-refractivity contribution in [2.75, 3.05) is 30.4 Å². The van der Waals surface area contributed by atoms with E-state index in [1.54, 1.807) is 0 Å². The standard InChI is InChI=1S/C16H21N3/c1-3-17-16-13-15(9-11-18-16)19(2)12-10-14-7-5-4-6-8-14/h4-9,11,13H,3,10,12H2,1-2H3,(H,17,18). The molecular formula is C16H21N3. The lowest BCUT2D eigenvalue weighted by molar-refractivity contribution is 0.875. The molecule has 0 atom stereocenters. The molecule has 2 rings (SSSR count). The number of rotatable bonds is 6. The van der Waals surface area contributed by atoms with Gasteiger partial charge < -0.3 is 10.2 Å². The summed E-state index contributed by atoms with van der Waals surface area (Å²) in [7, 11) is 2.12.